The molecule has 0 bridgehead atoms. The van der Waals surface area contributed by atoms with Gasteiger partial charge in [0.2, 0.25) is 11.8 Å². The molecule has 6 nitrogen and oxygen atoms in total. The van der Waals surface area contributed by atoms with Crippen molar-refractivity contribution < 1.29 is 9.59 Å². The molecular formula is C15H26Cl2N4O2S. The van der Waals surface area contributed by atoms with Crippen LogP contribution in [0.2, 0.25) is 0 Å². The smallest absolute Gasteiger partial charge is 0.231 e. The van der Waals surface area contributed by atoms with Gasteiger partial charge in [0.25, 0.3) is 0 Å². The molecule has 24 heavy (non-hydrogen) atoms. The quantitative estimate of drug-likeness (QED) is 0.729. The Morgan fingerprint density at radius 1 is 1.38 bits per heavy atom. The highest BCUT2D eigenvalue weighted by Crippen LogP contribution is 2.20. The third-order valence-corrected chi connectivity index (χ3v) is 4.26. The molecule has 0 saturated carbocycles. The van der Waals surface area contributed by atoms with Gasteiger partial charge in [-0.15, -0.1) is 36.2 Å². The molecule has 0 unspecified atom stereocenters. The lowest BCUT2D eigenvalue weighted by molar-refractivity contribution is -0.123. The summed E-state index contributed by atoms with van der Waals surface area (Å²) in [6, 6.07) is 0.208. The maximum absolute atomic E-state index is 12.0. The third-order valence-electron chi connectivity index (χ3n) is 3.46. The van der Waals surface area contributed by atoms with Crippen molar-refractivity contribution in [3.8, 4) is 0 Å². The lowest BCUT2D eigenvalue weighted by Crippen LogP contribution is -2.46. The van der Waals surface area contributed by atoms with Crippen LogP contribution in [-0.4, -0.2) is 35.9 Å². The Hall–Kier alpha value is -0.890. The fraction of sp³-hybridized carbons (Fsp3) is 0.667. The molecule has 2 rings (SSSR count). The zero-order valence-corrected chi connectivity index (χ0v) is 16.6. The van der Waals surface area contributed by atoms with Crippen molar-refractivity contribution in [1.29, 1.82) is 0 Å². The highest BCUT2D eigenvalue weighted by atomic mass is 35.5. The standard InChI is InChI=1S/C15H24N4O2S.2ClH/c1-15(2,3)13(21)19-14-18-11(9-22-14)7-12(20)17-10-5-4-6-16-8-10;;/h9-10,16H,4-8H2,1-3H3,(H,17,20)(H,18,19,21);2*1H/t10-;;/m0../s1. The zero-order valence-electron chi connectivity index (χ0n) is 14.2. The van der Waals surface area contributed by atoms with Gasteiger partial charge in [-0.1, -0.05) is 20.8 Å². The monoisotopic (exact) mass is 396 g/mol. The van der Waals surface area contributed by atoms with Gasteiger partial charge in [0, 0.05) is 23.4 Å². The Labute approximate surface area is 159 Å². The predicted molar refractivity (Wildman–Crippen MR) is 102 cm³/mol. The average Bonchev–Trinajstić information content (AvgIpc) is 2.85. The van der Waals surface area contributed by atoms with Gasteiger partial charge in [-0.05, 0) is 19.4 Å². The van der Waals surface area contributed by atoms with E-state index in [0.29, 0.717) is 10.8 Å². The maximum Gasteiger partial charge on any atom is 0.231 e. The molecule has 0 spiro atoms. The second kappa shape index (κ2) is 10.2. The SMILES string of the molecule is CC(C)(C)C(=O)Nc1nc(CC(=O)N[C@H]2CCCNC2)cs1.Cl.Cl. The summed E-state index contributed by atoms with van der Waals surface area (Å²) in [6.07, 6.45) is 2.35. The van der Waals surface area contributed by atoms with E-state index < -0.39 is 5.41 Å². The Morgan fingerprint density at radius 3 is 2.67 bits per heavy atom. The van der Waals surface area contributed by atoms with E-state index in [2.05, 4.69) is 20.9 Å². The van der Waals surface area contributed by atoms with E-state index in [0.717, 1.165) is 25.9 Å². The number of carbonyl (C=O) groups is 2. The van der Waals surface area contributed by atoms with Crippen LogP contribution in [0.1, 0.15) is 39.3 Å². The van der Waals surface area contributed by atoms with Crippen molar-refractivity contribution in [2.75, 3.05) is 18.4 Å². The van der Waals surface area contributed by atoms with Gasteiger partial charge in [0.1, 0.15) is 0 Å². The molecule has 1 fully saturated rings. The summed E-state index contributed by atoms with van der Waals surface area (Å²) in [5, 5.41) is 11.4. The van der Waals surface area contributed by atoms with Crippen LogP contribution in [0.15, 0.2) is 5.38 Å². The van der Waals surface area contributed by atoms with Crippen molar-refractivity contribution in [2.45, 2.75) is 46.1 Å². The molecule has 1 aliphatic heterocycles. The molecule has 1 saturated heterocycles. The first-order valence-electron chi connectivity index (χ1n) is 7.60. The predicted octanol–water partition coefficient (Wildman–Crippen LogP) is 2.38. The van der Waals surface area contributed by atoms with Gasteiger partial charge in [-0.3, -0.25) is 9.59 Å². The highest BCUT2D eigenvalue weighted by Gasteiger charge is 2.22. The number of piperidine rings is 1. The summed E-state index contributed by atoms with van der Waals surface area (Å²) in [5.74, 6) is -0.0983. The zero-order chi connectivity index (χ0) is 16.2. The number of anilines is 1. The Balaban J connectivity index is 0.00000264. The fourth-order valence-electron chi connectivity index (χ4n) is 2.15. The molecule has 138 valence electrons. The molecular weight excluding hydrogens is 371 g/mol. The second-order valence-electron chi connectivity index (χ2n) is 6.64. The van der Waals surface area contributed by atoms with Gasteiger partial charge >= 0.3 is 0 Å². The molecule has 1 atom stereocenters. The average molecular weight is 397 g/mol. The number of halogens is 2. The van der Waals surface area contributed by atoms with Crippen molar-refractivity contribution in [3.63, 3.8) is 0 Å². The number of thiazole rings is 1. The molecule has 1 aliphatic rings. The van der Waals surface area contributed by atoms with Crippen molar-refractivity contribution in [3.05, 3.63) is 11.1 Å². The van der Waals surface area contributed by atoms with Gasteiger partial charge in [-0.2, -0.15) is 0 Å². The van der Waals surface area contributed by atoms with Crippen LogP contribution in [0.5, 0.6) is 0 Å². The van der Waals surface area contributed by atoms with Gasteiger partial charge in [0.05, 0.1) is 12.1 Å². The van der Waals surface area contributed by atoms with Crippen LogP contribution >= 0.6 is 36.2 Å². The summed E-state index contributed by atoms with van der Waals surface area (Å²) < 4.78 is 0. The minimum atomic E-state index is -0.461. The number of aromatic nitrogens is 1. The summed E-state index contributed by atoms with van der Waals surface area (Å²) in [4.78, 5) is 28.2. The molecule has 1 aromatic heterocycles. The van der Waals surface area contributed by atoms with Crippen LogP contribution in [0.3, 0.4) is 0 Å². The lowest BCUT2D eigenvalue weighted by Gasteiger charge is -2.23. The Morgan fingerprint density at radius 2 is 2.08 bits per heavy atom. The third kappa shape index (κ3) is 7.34. The van der Waals surface area contributed by atoms with E-state index in [9.17, 15) is 9.59 Å². The number of hydrogen-bond donors (Lipinski definition) is 3. The van der Waals surface area contributed by atoms with E-state index in [1.165, 1.54) is 11.3 Å². The van der Waals surface area contributed by atoms with Crippen molar-refractivity contribution in [1.82, 2.24) is 15.6 Å². The normalized spacial score (nSPS) is 17.2. The summed E-state index contributed by atoms with van der Waals surface area (Å²) in [7, 11) is 0. The molecule has 3 N–H and O–H groups in total. The number of carbonyl (C=O) groups excluding carboxylic acids is 2. The maximum atomic E-state index is 12.0. The van der Waals surface area contributed by atoms with Crippen LogP contribution in [0, 0.1) is 5.41 Å². The highest BCUT2D eigenvalue weighted by molar-refractivity contribution is 7.13. The number of amides is 2. The number of nitrogens with one attached hydrogen (secondary N) is 3. The number of hydrogen-bond acceptors (Lipinski definition) is 5. The van der Waals surface area contributed by atoms with E-state index in [4.69, 9.17) is 0 Å². The molecule has 0 aliphatic carbocycles. The van der Waals surface area contributed by atoms with Crippen LogP contribution in [-0.2, 0) is 16.0 Å². The minimum absolute atomic E-state index is 0. The number of nitrogens with zero attached hydrogens (tertiary/aromatic N) is 1. The summed E-state index contributed by atoms with van der Waals surface area (Å²) in [6.45, 7) is 7.40. The van der Waals surface area contributed by atoms with Gasteiger partial charge < -0.3 is 16.0 Å². The van der Waals surface area contributed by atoms with Crippen LogP contribution < -0.4 is 16.0 Å². The molecule has 2 amide bonds. The fourth-order valence-corrected chi connectivity index (χ4v) is 2.85. The summed E-state index contributed by atoms with van der Waals surface area (Å²) in [5.41, 5.74) is 0.229. The first-order valence-corrected chi connectivity index (χ1v) is 8.48. The van der Waals surface area contributed by atoms with E-state index in [-0.39, 0.29) is 49.1 Å². The van der Waals surface area contributed by atoms with Gasteiger partial charge in [-0.25, -0.2) is 4.98 Å². The number of rotatable bonds is 4. The van der Waals surface area contributed by atoms with E-state index in [1.54, 1.807) is 0 Å². The molecule has 2 heterocycles. The molecule has 9 heteroatoms. The van der Waals surface area contributed by atoms with Crippen LogP contribution in [0.4, 0.5) is 5.13 Å². The Bertz CT molecular complexity index is 540. The molecule has 0 radical (unpaired) electrons. The minimum Gasteiger partial charge on any atom is -0.352 e. The van der Waals surface area contributed by atoms with Crippen molar-refractivity contribution >= 4 is 53.1 Å². The second-order valence-corrected chi connectivity index (χ2v) is 7.49. The van der Waals surface area contributed by atoms with E-state index >= 15 is 0 Å². The topological polar surface area (TPSA) is 83.1 Å². The van der Waals surface area contributed by atoms with Gasteiger partial charge in [0.15, 0.2) is 5.13 Å². The lowest BCUT2D eigenvalue weighted by atomic mass is 9.96. The first-order chi connectivity index (χ1) is 10.3. The Kier molecular flexibility index (Phi) is 9.80. The molecule has 0 aromatic carbocycles. The largest absolute Gasteiger partial charge is 0.352 e. The van der Waals surface area contributed by atoms with E-state index in [1.807, 2.05) is 26.2 Å². The molecule has 1 aromatic rings. The first kappa shape index (κ1) is 23.1. The summed E-state index contributed by atoms with van der Waals surface area (Å²) >= 11 is 1.35. The van der Waals surface area contributed by atoms with Crippen molar-refractivity contribution in [2.24, 2.45) is 5.41 Å². The van der Waals surface area contributed by atoms with Crippen LogP contribution in [0.25, 0.3) is 0 Å².